The van der Waals surface area contributed by atoms with Gasteiger partial charge in [0.1, 0.15) is 11.5 Å². The van der Waals surface area contributed by atoms with Crippen LogP contribution in [0.4, 0.5) is 0 Å². The molecule has 1 N–H and O–H groups in total. The van der Waals surface area contributed by atoms with Gasteiger partial charge in [-0.3, -0.25) is 14.9 Å². The lowest BCUT2D eigenvalue weighted by Gasteiger charge is -2.10. The summed E-state index contributed by atoms with van der Waals surface area (Å²) < 4.78 is 5.75. The number of carbonyl (C=O) groups excluding carboxylic acids is 2. The first-order valence-corrected chi connectivity index (χ1v) is 7.61. The Balaban J connectivity index is 1.74. The molecule has 1 heterocycles. The molecule has 4 rings (SSSR count). The van der Waals surface area contributed by atoms with Gasteiger partial charge in [-0.1, -0.05) is 30.3 Å². The van der Waals surface area contributed by atoms with Gasteiger partial charge in [-0.2, -0.15) is 10.5 Å². The second-order valence-electron chi connectivity index (χ2n) is 6.04. The number of piperidine rings is 1. The van der Waals surface area contributed by atoms with E-state index < -0.39 is 28.6 Å². The van der Waals surface area contributed by atoms with E-state index in [1.54, 1.807) is 36.4 Å². The van der Waals surface area contributed by atoms with Crippen LogP contribution in [-0.2, 0) is 9.59 Å². The van der Waals surface area contributed by atoms with Crippen molar-refractivity contribution in [1.82, 2.24) is 5.32 Å². The minimum Gasteiger partial charge on any atom is -0.457 e. The Bertz CT molecular complexity index is 951. The normalized spacial score (nSPS) is 29.1. The molecule has 2 aromatic rings. The minimum atomic E-state index is -1.66. The number of carbonyl (C=O) groups is 2. The number of hydrogen-bond acceptors (Lipinski definition) is 5. The molecule has 1 aliphatic heterocycles. The Hall–Kier alpha value is -3.64. The number of fused-ring (bicyclic) bond motifs is 1. The molecule has 2 aromatic carbocycles. The number of amides is 2. The molecule has 6 nitrogen and oxygen atoms in total. The molecule has 0 aromatic heterocycles. The largest absolute Gasteiger partial charge is 0.457 e. The third-order valence-corrected chi connectivity index (χ3v) is 4.87. The van der Waals surface area contributed by atoms with Gasteiger partial charge in [0.05, 0.1) is 12.1 Å². The Morgan fingerprint density at radius 1 is 0.880 bits per heavy atom. The van der Waals surface area contributed by atoms with E-state index in [1.165, 1.54) is 0 Å². The van der Waals surface area contributed by atoms with Gasteiger partial charge >= 0.3 is 0 Å². The fourth-order valence-electron chi connectivity index (χ4n) is 3.68. The summed E-state index contributed by atoms with van der Waals surface area (Å²) in [6, 6.07) is 19.7. The van der Waals surface area contributed by atoms with Crippen molar-refractivity contribution in [2.45, 2.75) is 5.92 Å². The van der Waals surface area contributed by atoms with Crippen molar-refractivity contribution in [3.05, 3.63) is 60.2 Å². The monoisotopic (exact) mass is 329 g/mol. The number of nitrogens with one attached hydrogen (secondary N) is 1. The van der Waals surface area contributed by atoms with Gasteiger partial charge in [-0.05, 0) is 29.8 Å². The Morgan fingerprint density at radius 3 is 2.08 bits per heavy atom. The molecule has 3 atom stereocenters. The van der Waals surface area contributed by atoms with Crippen LogP contribution in [0, 0.1) is 33.5 Å². The maximum Gasteiger partial charge on any atom is 0.250 e. The highest BCUT2D eigenvalue weighted by molar-refractivity contribution is 6.19. The number of nitrogens with zero attached hydrogens (tertiary/aromatic N) is 2. The van der Waals surface area contributed by atoms with Crippen molar-refractivity contribution in [3.8, 4) is 23.6 Å². The maximum absolute atomic E-state index is 12.2. The zero-order chi connectivity index (χ0) is 17.7. The first-order chi connectivity index (χ1) is 12.1. The number of hydrogen-bond donors (Lipinski definition) is 1. The summed E-state index contributed by atoms with van der Waals surface area (Å²) in [6.07, 6.45) is 0. The summed E-state index contributed by atoms with van der Waals surface area (Å²) in [7, 11) is 0. The van der Waals surface area contributed by atoms with E-state index in [4.69, 9.17) is 4.74 Å². The van der Waals surface area contributed by atoms with Crippen LogP contribution in [-0.4, -0.2) is 11.8 Å². The number of ether oxygens (including phenoxy) is 1. The van der Waals surface area contributed by atoms with Gasteiger partial charge in [0.15, 0.2) is 10.8 Å². The van der Waals surface area contributed by atoms with E-state index in [-0.39, 0.29) is 0 Å². The molecule has 0 radical (unpaired) electrons. The van der Waals surface area contributed by atoms with Crippen molar-refractivity contribution >= 4 is 11.8 Å². The van der Waals surface area contributed by atoms with Crippen LogP contribution >= 0.6 is 0 Å². The third kappa shape index (κ3) is 1.71. The highest BCUT2D eigenvalue weighted by atomic mass is 16.5. The molecule has 25 heavy (non-hydrogen) atoms. The second kappa shape index (κ2) is 4.93. The van der Waals surface area contributed by atoms with Crippen LogP contribution in [0.25, 0.3) is 0 Å². The van der Waals surface area contributed by atoms with Crippen LogP contribution in [0.1, 0.15) is 11.5 Å². The van der Waals surface area contributed by atoms with Gasteiger partial charge in [0.2, 0.25) is 11.8 Å². The van der Waals surface area contributed by atoms with E-state index in [0.29, 0.717) is 17.1 Å². The molecule has 2 aliphatic rings. The van der Waals surface area contributed by atoms with E-state index >= 15 is 0 Å². The molecule has 1 unspecified atom stereocenters. The maximum atomic E-state index is 12.2. The van der Waals surface area contributed by atoms with Crippen LogP contribution < -0.4 is 10.1 Å². The SMILES string of the molecule is N#C[C@@]12C(=O)NC(=O)[C@]1(C#N)C2c1cccc(Oc2ccccc2)c1. The topological polar surface area (TPSA) is 103 Å². The molecule has 2 fully saturated rings. The van der Waals surface area contributed by atoms with Crippen molar-refractivity contribution in [2.24, 2.45) is 10.8 Å². The zero-order valence-electron chi connectivity index (χ0n) is 12.9. The predicted molar refractivity (Wildman–Crippen MR) is 84.9 cm³/mol. The second-order valence-corrected chi connectivity index (χ2v) is 6.04. The molecule has 1 saturated heterocycles. The number of para-hydroxylation sites is 1. The van der Waals surface area contributed by atoms with Crippen LogP contribution in [0.15, 0.2) is 54.6 Å². The third-order valence-electron chi connectivity index (χ3n) is 4.87. The molecular weight excluding hydrogens is 318 g/mol. The molecule has 0 bridgehead atoms. The standard InChI is InChI=1S/C19H11N3O3/c20-10-18-15(19(18,11-21)17(24)22-16(18)23)12-5-4-8-14(9-12)25-13-6-2-1-3-7-13/h1-9,15H,(H,22,23,24)/t15?,18-,19+. The van der Waals surface area contributed by atoms with Crippen molar-refractivity contribution in [3.63, 3.8) is 0 Å². The van der Waals surface area contributed by atoms with Crippen molar-refractivity contribution in [1.29, 1.82) is 10.5 Å². The molecule has 2 amide bonds. The van der Waals surface area contributed by atoms with Crippen LogP contribution in [0.3, 0.4) is 0 Å². The van der Waals surface area contributed by atoms with Crippen molar-refractivity contribution in [2.75, 3.05) is 0 Å². The van der Waals surface area contributed by atoms with Gasteiger partial charge in [0, 0.05) is 5.92 Å². The first kappa shape index (κ1) is 14.9. The summed E-state index contributed by atoms with van der Waals surface area (Å²) in [4.78, 5) is 24.3. The summed E-state index contributed by atoms with van der Waals surface area (Å²) in [5.74, 6) is -1.07. The quantitative estimate of drug-likeness (QED) is 0.870. The fraction of sp³-hybridized carbons (Fsp3) is 0.158. The minimum absolute atomic E-state index is 0.503. The van der Waals surface area contributed by atoms with Crippen LogP contribution in [0.5, 0.6) is 11.5 Å². The number of imide groups is 1. The van der Waals surface area contributed by atoms with Gasteiger partial charge < -0.3 is 4.74 Å². The molecule has 0 spiro atoms. The van der Waals surface area contributed by atoms with Gasteiger partial charge in [-0.15, -0.1) is 0 Å². The van der Waals surface area contributed by atoms with Crippen LogP contribution in [0.2, 0.25) is 0 Å². The average molecular weight is 329 g/mol. The number of benzene rings is 2. The number of rotatable bonds is 3. The van der Waals surface area contributed by atoms with Gasteiger partial charge in [-0.25, -0.2) is 0 Å². The zero-order valence-corrected chi connectivity index (χ0v) is 12.9. The highest BCUT2D eigenvalue weighted by Gasteiger charge is 2.90. The number of nitriles is 2. The Kier molecular flexibility index (Phi) is 2.94. The summed E-state index contributed by atoms with van der Waals surface area (Å²) in [5.41, 5.74) is -2.77. The average Bonchev–Trinajstić information content (AvgIpc) is 3.20. The molecular formula is C19H11N3O3. The lowest BCUT2D eigenvalue weighted by atomic mass is 9.98. The summed E-state index contributed by atoms with van der Waals surface area (Å²) >= 11 is 0. The van der Waals surface area contributed by atoms with E-state index in [9.17, 15) is 20.1 Å². The smallest absolute Gasteiger partial charge is 0.250 e. The molecule has 120 valence electrons. The van der Waals surface area contributed by atoms with E-state index in [2.05, 4.69) is 5.32 Å². The summed E-state index contributed by atoms with van der Waals surface area (Å²) in [6.45, 7) is 0. The highest BCUT2D eigenvalue weighted by Crippen LogP contribution is 2.76. The molecule has 1 aliphatic carbocycles. The van der Waals surface area contributed by atoms with E-state index in [1.807, 2.05) is 30.3 Å². The lowest BCUT2D eigenvalue weighted by molar-refractivity contribution is -0.128. The Morgan fingerprint density at radius 2 is 1.48 bits per heavy atom. The fourth-order valence-corrected chi connectivity index (χ4v) is 3.68. The summed E-state index contributed by atoms with van der Waals surface area (Å²) in [5, 5.41) is 21.2. The Labute approximate surface area is 143 Å². The van der Waals surface area contributed by atoms with Gasteiger partial charge in [0.25, 0.3) is 0 Å². The van der Waals surface area contributed by atoms with E-state index in [0.717, 1.165) is 0 Å². The molecule has 1 saturated carbocycles. The molecule has 6 heteroatoms. The van der Waals surface area contributed by atoms with Crippen molar-refractivity contribution < 1.29 is 14.3 Å². The lowest BCUT2D eigenvalue weighted by Crippen LogP contribution is -2.31. The first-order valence-electron chi connectivity index (χ1n) is 7.61. The predicted octanol–water partition coefficient (Wildman–Crippen LogP) is 2.25.